The van der Waals surface area contributed by atoms with Crippen LogP contribution in [0.5, 0.6) is 5.75 Å². The highest BCUT2D eigenvalue weighted by molar-refractivity contribution is 9.10. The van der Waals surface area contributed by atoms with E-state index in [0.717, 1.165) is 36.8 Å². The van der Waals surface area contributed by atoms with Gasteiger partial charge in [-0.1, -0.05) is 40.2 Å². The number of fused-ring (bicyclic) bond motifs is 1. The van der Waals surface area contributed by atoms with E-state index in [1.807, 2.05) is 0 Å². The van der Waals surface area contributed by atoms with Crippen LogP contribution in [0.15, 0.2) is 70.0 Å². The molecule has 0 saturated heterocycles. The van der Waals surface area contributed by atoms with Crippen LogP contribution in [0, 0.1) is 0 Å². The van der Waals surface area contributed by atoms with Crippen molar-refractivity contribution in [1.29, 1.82) is 0 Å². The van der Waals surface area contributed by atoms with E-state index in [1.165, 1.54) is 24.3 Å². The van der Waals surface area contributed by atoms with Crippen molar-refractivity contribution < 1.29 is 26.7 Å². The van der Waals surface area contributed by atoms with Crippen molar-refractivity contribution in [3.05, 3.63) is 70.7 Å². The Hall–Kier alpha value is -2.56. The Morgan fingerprint density at radius 2 is 1.70 bits per heavy atom. The Morgan fingerprint density at radius 1 is 1.06 bits per heavy atom. The van der Waals surface area contributed by atoms with Crippen molar-refractivity contribution in [3.8, 4) is 5.75 Å². The number of amides is 1. The van der Waals surface area contributed by atoms with E-state index in [1.54, 1.807) is 29.0 Å². The Morgan fingerprint density at radius 3 is 2.30 bits per heavy atom. The topological polar surface area (TPSA) is 98.5 Å². The first kappa shape index (κ1) is 23.6. The van der Waals surface area contributed by atoms with E-state index in [2.05, 4.69) is 15.9 Å². The first-order valence-corrected chi connectivity index (χ1v) is 12.5. The lowest BCUT2D eigenvalue weighted by Crippen LogP contribution is -2.53. The molecule has 0 bridgehead atoms. The third kappa shape index (κ3) is 5.02. The third-order valence-electron chi connectivity index (χ3n) is 5.60. The van der Waals surface area contributed by atoms with Crippen LogP contribution in [0.4, 0.5) is 8.78 Å². The normalized spacial score (nSPS) is 15.7. The minimum Gasteiger partial charge on any atom is -0.490 e. The van der Waals surface area contributed by atoms with Gasteiger partial charge in [-0.05, 0) is 66.4 Å². The lowest BCUT2D eigenvalue weighted by molar-refractivity contribution is -0.130. The van der Waals surface area contributed by atoms with E-state index in [-0.39, 0.29) is 11.0 Å². The van der Waals surface area contributed by atoms with E-state index >= 15 is 8.78 Å². The van der Waals surface area contributed by atoms with Crippen molar-refractivity contribution >= 4 is 42.6 Å². The van der Waals surface area contributed by atoms with E-state index in [4.69, 9.17) is 10.5 Å². The second-order valence-electron chi connectivity index (χ2n) is 7.93. The van der Waals surface area contributed by atoms with Crippen LogP contribution in [-0.4, -0.2) is 26.5 Å². The number of benzene rings is 3. The molecular formula is C23H21BrF2N2O4S. The summed E-state index contributed by atoms with van der Waals surface area (Å²) in [7, 11) is -4.49. The molecular weight excluding hydrogens is 518 g/mol. The first-order valence-electron chi connectivity index (χ1n) is 10.2. The van der Waals surface area contributed by atoms with Crippen molar-refractivity contribution in [1.82, 2.24) is 4.72 Å². The molecule has 1 saturated carbocycles. The fraction of sp³-hybridized carbons (Fsp3) is 0.261. The third-order valence-corrected chi connectivity index (χ3v) is 7.55. The smallest absolute Gasteiger partial charge is 0.298 e. The van der Waals surface area contributed by atoms with Crippen LogP contribution in [0.25, 0.3) is 10.8 Å². The van der Waals surface area contributed by atoms with Crippen LogP contribution in [0.2, 0.25) is 0 Å². The molecule has 0 aliphatic heterocycles. The lowest BCUT2D eigenvalue weighted by atomic mass is 9.96. The molecule has 1 aliphatic rings. The molecule has 0 aromatic heterocycles. The van der Waals surface area contributed by atoms with Crippen LogP contribution in [-0.2, 0) is 20.7 Å². The van der Waals surface area contributed by atoms with Crippen LogP contribution in [0.3, 0.4) is 0 Å². The molecule has 4 rings (SSSR count). The van der Waals surface area contributed by atoms with Crippen molar-refractivity contribution in [3.63, 3.8) is 0 Å². The summed E-state index contributed by atoms with van der Waals surface area (Å²) in [6.45, 7) is 0. The highest BCUT2D eigenvalue weighted by Gasteiger charge is 2.47. The van der Waals surface area contributed by atoms with Gasteiger partial charge in [0.15, 0.2) is 6.04 Å². The summed E-state index contributed by atoms with van der Waals surface area (Å²) in [6.07, 6.45) is 3.35. The number of primary amides is 1. The predicted octanol–water partition coefficient (Wildman–Crippen LogP) is 4.46. The zero-order chi connectivity index (χ0) is 23.8. The molecule has 1 amide bonds. The van der Waals surface area contributed by atoms with Crippen molar-refractivity contribution in [2.45, 2.75) is 42.2 Å². The number of nitrogens with two attached hydrogens (primary N) is 1. The highest BCUT2D eigenvalue weighted by Crippen LogP contribution is 2.34. The molecule has 1 atom stereocenters. The Balaban J connectivity index is 1.60. The van der Waals surface area contributed by atoms with Crippen LogP contribution in [0.1, 0.15) is 24.8 Å². The minimum atomic E-state index is -4.49. The Kier molecular flexibility index (Phi) is 6.43. The molecule has 1 fully saturated rings. The lowest BCUT2D eigenvalue weighted by Gasteiger charge is -2.26. The van der Waals surface area contributed by atoms with Gasteiger partial charge < -0.3 is 10.5 Å². The number of alkyl halides is 2. The Bertz CT molecular complexity index is 1300. The van der Waals surface area contributed by atoms with Gasteiger partial charge in [-0.25, -0.2) is 8.42 Å². The summed E-state index contributed by atoms with van der Waals surface area (Å²) in [6, 6.07) is 11.9. The van der Waals surface area contributed by atoms with Gasteiger partial charge in [0.25, 0.3) is 5.92 Å². The first-order chi connectivity index (χ1) is 15.6. The largest absolute Gasteiger partial charge is 0.490 e. The molecule has 0 heterocycles. The summed E-state index contributed by atoms with van der Waals surface area (Å²) in [5.41, 5.74) is 4.62. The summed E-state index contributed by atoms with van der Waals surface area (Å²) >= 11 is 3.14. The molecule has 1 aliphatic carbocycles. The van der Waals surface area contributed by atoms with Gasteiger partial charge in [-0.3, -0.25) is 4.79 Å². The summed E-state index contributed by atoms with van der Waals surface area (Å²) < 4.78 is 64.0. The molecule has 3 aromatic rings. The van der Waals surface area contributed by atoms with Gasteiger partial charge in [0, 0.05) is 10.0 Å². The number of sulfonamides is 1. The van der Waals surface area contributed by atoms with Gasteiger partial charge in [0.1, 0.15) is 5.75 Å². The average Bonchev–Trinajstić information content (AvgIpc) is 2.74. The molecule has 3 N–H and O–H groups in total. The number of carbonyl (C=O) groups excluding carboxylic acids is 1. The number of nitrogens with one attached hydrogen (secondary N) is 1. The molecule has 0 spiro atoms. The molecule has 10 heteroatoms. The number of rotatable bonds is 8. The van der Waals surface area contributed by atoms with Gasteiger partial charge in [0.05, 0.1) is 11.0 Å². The SMILES string of the molecule is NC(=O)[C@H](NS(=O)(=O)c1ccc2cc(OC3CCC3)ccc2c1)C(F)(F)c1ccc(Br)cc1. The van der Waals surface area contributed by atoms with Gasteiger partial charge >= 0.3 is 0 Å². The molecule has 33 heavy (non-hydrogen) atoms. The zero-order valence-electron chi connectivity index (χ0n) is 17.3. The minimum absolute atomic E-state index is 0.199. The van der Waals surface area contributed by atoms with Gasteiger partial charge in [-0.15, -0.1) is 0 Å². The second kappa shape index (κ2) is 9.00. The summed E-state index contributed by atoms with van der Waals surface area (Å²) in [5.74, 6) is -4.68. The van der Waals surface area contributed by atoms with Crippen molar-refractivity contribution in [2.24, 2.45) is 5.73 Å². The molecule has 6 nitrogen and oxygen atoms in total. The maximum Gasteiger partial charge on any atom is 0.298 e. The van der Waals surface area contributed by atoms with E-state index in [9.17, 15) is 13.2 Å². The molecule has 174 valence electrons. The second-order valence-corrected chi connectivity index (χ2v) is 10.6. The number of hydrogen-bond donors (Lipinski definition) is 2. The summed E-state index contributed by atoms with van der Waals surface area (Å²) in [4.78, 5) is 11.6. The maximum absolute atomic E-state index is 15.0. The van der Waals surface area contributed by atoms with Crippen LogP contribution >= 0.6 is 15.9 Å². The standard InChI is InChI=1S/C23H21BrF2N2O4S/c24-17-8-6-16(7-9-17)23(25,26)21(22(27)29)28-33(30,31)20-11-5-14-12-19(10-4-15(14)13-20)32-18-2-1-3-18/h4-13,18,21,28H,1-3H2,(H2,27,29)/t21-/m0/s1. The predicted molar refractivity (Wildman–Crippen MR) is 124 cm³/mol. The molecule has 3 aromatic carbocycles. The zero-order valence-corrected chi connectivity index (χ0v) is 19.7. The monoisotopic (exact) mass is 538 g/mol. The number of carbonyl (C=O) groups is 1. The maximum atomic E-state index is 15.0. The van der Waals surface area contributed by atoms with E-state index < -0.39 is 33.5 Å². The Labute approximate surface area is 198 Å². The highest BCUT2D eigenvalue weighted by atomic mass is 79.9. The molecule has 0 unspecified atom stereocenters. The van der Waals surface area contributed by atoms with Crippen molar-refractivity contribution in [2.75, 3.05) is 0 Å². The van der Waals surface area contributed by atoms with Crippen LogP contribution < -0.4 is 15.2 Å². The quantitative estimate of drug-likeness (QED) is 0.442. The fourth-order valence-electron chi connectivity index (χ4n) is 3.50. The average molecular weight is 539 g/mol. The van der Waals surface area contributed by atoms with Gasteiger partial charge in [-0.2, -0.15) is 13.5 Å². The number of hydrogen-bond acceptors (Lipinski definition) is 4. The summed E-state index contributed by atoms with van der Waals surface area (Å²) in [5, 5.41) is 1.31. The number of ether oxygens (including phenoxy) is 1. The fourth-order valence-corrected chi connectivity index (χ4v) is 5.00. The van der Waals surface area contributed by atoms with E-state index in [0.29, 0.717) is 15.6 Å². The van der Waals surface area contributed by atoms with Gasteiger partial charge in [0.2, 0.25) is 15.9 Å². The number of halogens is 3. The molecule has 0 radical (unpaired) electrons.